The molecule has 1 aromatic heterocycles. The molecule has 0 saturated carbocycles. The number of hydrazine groups is 1. The third kappa shape index (κ3) is 6.95. The molecule has 1 aliphatic heterocycles. The number of nitrogens with zero attached hydrogens (tertiary/aromatic N) is 3. The maximum Gasteiger partial charge on any atom is 0.416 e. The van der Waals surface area contributed by atoms with Crippen LogP contribution in [0.2, 0.25) is 0 Å². The molecule has 43 heavy (non-hydrogen) atoms. The third-order valence-corrected chi connectivity index (χ3v) is 6.82. The molecule has 13 heteroatoms. The van der Waals surface area contributed by atoms with Gasteiger partial charge in [-0.2, -0.15) is 18.2 Å². The summed E-state index contributed by atoms with van der Waals surface area (Å²) in [6, 6.07) is 14.4. The minimum absolute atomic E-state index is 0.00243. The van der Waals surface area contributed by atoms with Crippen molar-refractivity contribution >= 4 is 29.0 Å². The molecular weight excluding hydrogens is 568 g/mol. The molecule has 0 unspecified atom stereocenters. The first-order valence-electron chi connectivity index (χ1n) is 13.4. The standard InChI is InChI=1S/C30H28F4N6O3/c1-2-18-14-21(36-22-15-19(13-20(16-22)30(32,33)34)23-5-3-4-6-26(23)41)7-8-24(18)28(42)38-39-29-35-17-25(31)27(37-29)40-9-11-43-12-10-40/h3-8,13-17,36,41H,2,9-12H2,1H3,(H,38,42)(H,35,37,39). The van der Waals surface area contributed by atoms with Crippen molar-refractivity contribution in [2.45, 2.75) is 19.5 Å². The average Bonchev–Trinajstić information content (AvgIpc) is 3.00. The summed E-state index contributed by atoms with van der Waals surface area (Å²) in [4.78, 5) is 22.8. The fourth-order valence-electron chi connectivity index (χ4n) is 4.68. The van der Waals surface area contributed by atoms with Crippen LogP contribution >= 0.6 is 0 Å². The summed E-state index contributed by atoms with van der Waals surface area (Å²) in [5, 5.41) is 13.2. The summed E-state index contributed by atoms with van der Waals surface area (Å²) in [6.45, 7) is 3.66. The third-order valence-electron chi connectivity index (χ3n) is 6.82. The zero-order chi connectivity index (χ0) is 30.6. The highest BCUT2D eigenvalue weighted by atomic mass is 19.4. The number of phenolic OH excluding ortho intramolecular Hbond substituents is 1. The molecule has 2 heterocycles. The normalized spacial score (nSPS) is 13.5. The lowest BCUT2D eigenvalue weighted by Gasteiger charge is -2.28. The molecule has 0 radical (unpaired) electrons. The maximum absolute atomic E-state index is 14.3. The van der Waals surface area contributed by atoms with E-state index in [0.29, 0.717) is 49.5 Å². The summed E-state index contributed by atoms with van der Waals surface area (Å²) in [6.07, 6.45) is -3.15. The van der Waals surface area contributed by atoms with Gasteiger partial charge in [0, 0.05) is 35.6 Å². The number of anilines is 4. The Morgan fingerprint density at radius 2 is 1.81 bits per heavy atom. The highest BCUT2D eigenvalue weighted by Crippen LogP contribution is 2.38. The number of alkyl halides is 3. The highest BCUT2D eigenvalue weighted by Gasteiger charge is 2.31. The Bertz CT molecular complexity index is 1630. The number of morpholine rings is 1. The van der Waals surface area contributed by atoms with Gasteiger partial charge in [0.1, 0.15) is 5.75 Å². The van der Waals surface area contributed by atoms with Crippen LogP contribution in [0.4, 0.5) is 40.7 Å². The number of aromatic hydroxyl groups is 1. The van der Waals surface area contributed by atoms with Crippen molar-refractivity contribution in [3.05, 3.63) is 89.4 Å². The fourth-order valence-corrected chi connectivity index (χ4v) is 4.68. The van der Waals surface area contributed by atoms with E-state index in [1.54, 1.807) is 35.2 Å². The van der Waals surface area contributed by atoms with Crippen LogP contribution in [0, 0.1) is 5.82 Å². The number of benzene rings is 3. The number of ether oxygens (including phenoxy) is 1. The van der Waals surface area contributed by atoms with Gasteiger partial charge in [0.05, 0.1) is 25.0 Å². The molecule has 0 aliphatic carbocycles. The number of hydrogen-bond acceptors (Lipinski definition) is 8. The van der Waals surface area contributed by atoms with E-state index in [1.165, 1.54) is 18.2 Å². The van der Waals surface area contributed by atoms with Crippen molar-refractivity contribution < 1.29 is 32.2 Å². The van der Waals surface area contributed by atoms with E-state index in [2.05, 4.69) is 26.1 Å². The van der Waals surface area contributed by atoms with Crippen LogP contribution < -0.4 is 21.1 Å². The monoisotopic (exact) mass is 596 g/mol. The van der Waals surface area contributed by atoms with Crippen molar-refractivity contribution in [3.8, 4) is 16.9 Å². The van der Waals surface area contributed by atoms with E-state index < -0.39 is 23.5 Å². The van der Waals surface area contributed by atoms with Crippen LogP contribution in [0.1, 0.15) is 28.4 Å². The number of aromatic nitrogens is 2. The van der Waals surface area contributed by atoms with Crippen LogP contribution in [0.3, 0.4) is 0 Å². The van der Waals surface area contributed by atoms with E-state index in [4.69, 9.17) is 4.74 Å². The summed E-state index contributed by atoms with van der Waals surface area (Å²) >= 11 is 0. The van der Waals surface area contributed by atoms with Gasteiger partial charge in [-0.25, -0.2) is 9.37 Å². The van der Waals surface area contributed by atoms with Crippen LogP contribution in [0.15, 0.2) is 66.9 Å². The Balaban J connectivity index is 1.34. The molecule has 224 valence electrons. The molecule has 1 saturated heterocycles. The van der Waals surface area contributed by atoms with Crippen LogP contribution in [-0.2, 0) is 17.3 Å². The van der Waals surface area contributed by atoms with Crippen LogP contribution in [0.25, 0.3) is 11.1 Å². The van der Waals surface area contributed by atoms with Gasteiger partial charge in [-0.15, -0.1) is 0 Å². The van der Waals surface area contributed by atoms with E-state index in [9.17, 15) is 27.5 Å². The van der Waals surface area contributed by atoms with Gasteiger partial charge in [0.25, 0.3) is 5.91 Å². The van der Waals surface area contributed by atoms with Crippen molar-refractivity contribution in [1.29, 1.82) is 0 Å². The molecule has 1 fully saturated rings. The number of carbonyl (C=O) groups is 1. The number of amides is 1. The van der Waals surface area contributed by atoms with Gasteiger partial charge < -0.3 is 20.1 Å². The second-order valence-electron chi connectivity index (χ2n) is 9.71. The molecule has 1 amide bonds. The molecule has 0 bridgehead atoms. The van der Waals surface area contributed by atoms with Crippen molar-refractivity contribution in [2.24, 2.45) is 0 Å². The van der Waals surface area contributed by atoms with E-state index in [1.807, 2.05) is 6.92 Å². The summed E-state index contributed by atoms with van der Waals surface area (Å²) in [5.74, 6) is -1.15. The molecule has 0 atom stereocenters. The average molecular weight is 597 g/mol. The number of para-hydroxylation sites is 1. The van der Waals surface area contributed by atoms with E-state index in [-0.39, 0.29) is 34.3 Å². The summed E-state index contributed by atoms with van der Waals surface area (Å²) < 4.78 is 60.8. The topological polar surface area (TPSA) is 112 Å². The van der Waals surface area contributed by atoms with Crippen LogP contribution in [0.5, 0.6) is 5.75 Å². The summed E-state index contributed by atoms with van der Waals surface area (Å²) in [5.41, 5.74) is 6.23. The number of phenols is 1. The van der Waals surface area contributed by atoms with Crippen molar-refractivity contribution in [1.82, 2.24) is 15.4 Å². The molecule has 1 aliphatic rings. The molecule has 3 aromatic carbocycles. The first kappa shape index (κ1) is 29.6. The zero-order valence-electron chi connectivity index (χ0n) is 23.0. The molecule has 4 N–H and O–H groups in total. The fraction of sp³-hybridized carbons (Fsp3) is 0.233. The van der Waals surface area contributed by atoms with Gasteiger partial charge >= 0.3 is 6.18 Å². The number of hydrogen-bond donors (Lipinski definition) is 4. The Kier molecular flexibility index (Phi) is 8.62. The van der Waals surface area contributed by atoms with Crippen molar-refractivity contribution in [2.75, 3.05) is 41.9 Å². The summed E-state index contributed by atoms with van der Waals surface area (Å²) in [7, 11) is 0. The lowest BCUT2D eigenvalue weighted by molar-refractivity contribution is -0.137. The second kappa shape index (κ2) is 12.5. The van der Waals surface area contributed by atoms with Gasteiger partial charge in [0.2, 0.25) is 5.95 Å². The Morgan fingerprint density at radius 3 is 2.53 bits per heavy atom. The maximum atomic E-state index is 14.3. The number of aryl methyl sites for hydroxylation is 1. The highest BCUT2D eigenvalue weighted by molar-refractivity contribution is 5.96. The van der Waals surface area contributed by atoms with Crippen LogP contribution in [-0.4, -0.2) is 47.3 Å². The largest absolute Gasteiger partial charge is 0.507 e. The Hall–Kier alpha value is -4.91. The van der Waals surface area contributed by atoms with Gasteiger partial charge in [-0.05, 0) is 60.0 Å². The molecule has 9 nitrogen and oxygen atoms in total. The number of rotatable bonds is 8. The van der Waals surface area contributed by atoms with E-state index >= 15 is 0 Å². The van der Waals surface area contributed by atoms with E-state index in [0.717, 1.165) is 18.3 Å². The number of nitrogens with one attached hydrogen (secondary N) is 3. The number of halogens is 4. The first-order chi connectivity index (χ1) is 20.6. The van der Waals surface area contributed by atoms with Gasteiger partial charge in [-0.1, -0.05) is 25.1 Å². The Labute approximate surface area is 244 Å². The van der Waals surface area contributed by atoms with Gasteiger partial charge in [0.15, 0.2) is 11.6 Å². The lowest BCUT2D eigenvalue weighted by Crippen LogP contribution is -2.38. The smallest absolute Gasteiger partial charge is 0.416 e. The minimum Gasteiger partial charge on any atom is -0.507 e. The van der Waals surface area contributed by atoms with Crippen molar-refractivity contribution in [3.63, 3.8) is 0 Å². The zero-order valence-corrected chi connectivity index (χ0v) is 23.0. The molecule has 0 spiro atoms. The quantitative estimate of drug-likeness (QED) is 0.147. The minimum atomic E-state index is -4.61. The van der Waals surface area contributed by atoms with Gasteiger partial charge in [-0.3, -0.25) is 15.6 Å². The molecule has 4 aromatic rings. The predicted octanol–water partition coefficient (Wildman–Crippen LogP) is 5.91. The Morgan fingerprint density at radius 1 is 1.05 bits per heavy atom. The molecule has 5 rings (SSSR count). The number of carbonyl (C=O) groups excluding carboxylic acids is 1. The lowest BCUT2D eigenvalue weighted by atomic mass is 10.00. The SMILES string of the molecule is CCc1cc(Nc2cc(-c3ccccc3O)cc(C(F)(F)F)c2)ccc1C(=O)NNc1ncc(F)c(N2CCOCC2)n1. The first-order valence-corrected chi connectivity index (χ1v) is 13.4. The predicted molar refractivity (Wildman–Crippen MR) is 154 cm³/mol. The molecular formula is C30H28F4N6O3. The second-order valence-corrected chi connectivity index (χ2v) is 9.71.